The number of carbonyl (C=O) groups is 1. The number of fused-ring (bicyclic) bond motifs is 6. The van der Waals surface area contributed by atoms with Crippen LogP contribution in [0.3, 0.4) is 0 Å². The molecule has 0 amide bonds. The van der Waals surface area contributed by atoms with Crippen LogP contribution in [0.5, 0.6) is 5.75 Å². The molecule has 4 rings (SSSR count). The van der Waals surface area contributed by atoms with Crippen LogP contribution in [0.4, 0.5) is 0 Å². The Morgan fingerprint density at radius 2 is 2.07 bits per heavy atom. The summed E-state index contributed by atoms with van der Waals surface area (Å²) >= 11 is 2.15. The highest BCUT2D eigenvalue weighted by atomic mass is 127. The predicted molar refractivity (Wildman–Crippen MR) is 117 cm³/mol. The van der Waals surface area contributed by atoms with E-state index in [-0.39, 0.29) is 17.4 Å². The zero-order chi connectivity index (χ0) is 19.8. The van der Waals surface area contributed by atoms with Crippen LogP contribution in [0.2, 0.25) is 0 Å². The van der Waals surface area contributed by atoms with Crippen molar-refractivity contribution in [1.29, 1.82) is 0 Å². The van der Waals surface area contributed by atoms with E-state index in [2.05, 4.69) is 59.3 Å². The summed E-state index contributed by atoms with van der Waals surface area (Å²) in [5.41, 5.74) is 3.32. The first-order valence-corrected chi connectivity index (χ1v) is 11.5. The Bertz CT molecular complexity index is 825. The van der Waals surface area contributed by atoms with Crippen molar-refractivity contribution in [2.75, 3.05) is 31.7 Å². The molecule has 2 bridgehead atoms. The Morgan fingerprint density at radius 1 is 1.33 bits per heavy atom. The van der Waals surface area contributed by atoms with Crippen LogP contribution in [-0.4, -0.2) is 47.6 Å². The van der Waals surface area contributed by atoms with E-state index in [0.29, 0.717) is 12.5 Å². The van der Waals surface area contributed by atoms with Gasteiger partial charge in [-0.1, -0.05) is 43.4 Å². The fourth-order valence-electron chi connectivity index (χ4n) is 4.07. The number of methoxy groups -OCH3 is 1. The van der Waals surface area contributed by atoms with Crippen LogP contribution in [0.15, 0.2) is 18.2 Å². The highest BCUT2D eigenvalue weighted by molar-refractivity contribution is 14.1. The standard InChI is InChI=1S/C20H26N2O3.CH3I/c1-20(2,3)11-25-19(23)18-17-16(12-7-8-22(18)10-12)14-9-13(24-4)5-6-15(14)21-17;1-2/h5-6,9,12,18,21H,7-8,10-11H2,1-4H3;1H3. The maximum Gasteiger partial charge on any atom is 0.329 e. The third kappa shape index (κ3) is 3.97. The van der Waals surface area contributed by atoms with E-state index in [1.54, 1.807) is 7.11 Å². The Hall–Kier alpha value is -1.28. The van der Waals surface area contributed by atoms with Crippen LogP contribution in [-0.2, 0) is 9.53 Å². The van der Waals surface area contributed by atoms with Gasteiger partial charge >= 0.3 is 5.97 Å². The van der Waals surface area contributed by atoms with Gasteiger partial charge in [-0.15, -0.1) is 0 Å². The number of halogens is 1. The molecule has 3 heterocycles. The molecule has 0 radical (unpaired) electrons. The molecule has 27 heavy (non-hydrogen) atoms. The number of hydrogen-bond acceptors (Lipinski definition) is 4. The molecule has 3 unspecified atom stereocenters. The number of ether oxygens (including phenoxy) is 2. The van der Waals surface area contributed by atoms with Crippen molar-refractivity contribution in [3.05, 3.63) is 29.5 Å². The summed E-state index contributed by atoms with van der Waals surface area (Å²) in [4.78, 5) is 20.6. The van der Waals surface area contributed by atoms with Gasteiger partial charge < -0.3 is 14.5 Å². The third-order valence-corrected chi connectivity index (χ3v) is 5.21. The number of carbonyl (C=O) groups excluding carboxylic acids is 1. The first-order chi connectivity index (χ1) is 12.9. The zero-order valence-corrected chi connectivity index (χ0v) is 18.9. The minimum Gasteiger partial charge on any atom is -0.497 e. The lowest BCUT2D eigenvalue weighted by Crippen LogP contribution is -2.38. The second-order valence-corrected chi connectivity index (χ2v) is 8.42. The van der Waals surface area contributed by atoms with Crippen molar-refractivity contribution < 1.29 is 14.3 Å². The number of H-pyrrole nitrogens is 1. The first kappa shape index (κ1) is 20.5. The maximum absolute atomic E-state index is 12.9. The lowest BCUT2D eigenvalue weighted by atomic mass is 9.90. The van der Waals surface area contributed by atoms with Crippen LogP contribution in [0, 0.1) is 5.41 Å². The van der Waals surface area contributed by atoms with Crippen molar-refractivity contribution in [1.82, 2.24) is 9.88 Å². The minimum atomic E-state index is -0.325. The average Bonchev–Trinajstić information content (AvgIpc) is 3.23. The number of esters is 1. The molecule has 0 aliphatic carbocycles. The van der Waals surface area contributed by atoms with Crippen molar-refractivity contribution in [3.8, 4) is 5.75 Å². The quantitative estimate of drug-likeness (QED) is 0.391. The van der Waals surface area contributed by atoms with Gasteiger partial charge in [0.25, 0.3) is 0 Å². The van der Waals surface area contributed by atoms with E-state index in [9.17, 15) is 4.79 Å². The molecule has 1 fully saturated rings. The molecule has 6 heteroatoms. The molecule has 1 aromatic carbocycles. The van der Waals surface area contributed by atoms with Crippen LogP contribution in [0.25, 0.3) is 10.9 Å². The van der Waals surface area contributed by atoms with E-state index in [0.717, 1.165) is 36.5 Å². The molecule has 0 spiro atoms. The Kier molecular flexibility index (Phi) is 6.05. The summed E-state index contributed by atoms with van der Waals surface area (Å²) in [6.07, 6.45) is 1.08. The molecule has 2 aliphatic rings. The lowest BCUT2D eigenvalue weighted by molar-refractivity contribution is -0.153. The normalized spacial score (nSPS) is 23.4. The number of benzene rings is 1. The molecule has 3 atom stereocenters. The summed E-state index contributed by atoms with van der Waals surface area (Å²) in [6, 6.07) is 5.74. The van der Waals surface area contributed by atoms with Gasteiger partial charge in [0.05, 0.1) is 13.7 Å². The van der Waals surface area contributed by atoms with Gasteiger partial charge in [-0.05, 0) is 47.1 Å². The van der Waals surface area contributed by atoms with Crippen LogP contribution < -0.4 is 4.74 Å². The summed E-state index contributed by atoms with van der Waals surface area (Å²) in [6.45, 7) is 8.53. The molecule has 1 saturated heterocycles. The van der Waals surface area contributed by atoms with Gasteiger partial charge in [0, 0.05) is 29.1 Å². The van der Waals surface area contributed by atoms with Gasteiger partial charge in [-0.25, -0.2) is 4.79 Å². The van der Waals surface area contributed by atoms with Crippen LogP contribution in [0.1, 0.15) is 50.4 Å². The molecule has 2 aromatic rings. The molecule has 5 nitrogen and oxygen atoms in total. The van der Waals surface area contributed by atoms with Gasteiger partial charge in [0.15, 0.2) is 0 Å². The van der Waals surface area contributed by atoms with E-state index in [1.165, 1.54) is 10.9 Å². The number of rotatable bonds is 3. The van der Waals surface area contributed by atoms with Gasteiger partial charge in [0.1, 0.15) is 11.8 Å². The maximum atomic E-state index is 12.9. The Morgan fingerprint density at radius 3 is 2.74 bits per heavy atom. The average molecular weight is 484 g/mol. The number of nitrogens with zero attached hydrogens (tertiary/aromatic N) is 1. The first-order valence-electron chi connectivity index (χ1n) is 9.35. The molecule has 1 aromatic heterocycles. The second-order valence-electron chi connectivity index (χ2n) is 8.42. The number of hydrogen-bond donors (Lipinski definition) is 1. The Labute approximate surface area is 174 Å². The SMILES string of the molecule is CI.COc1ccc2[nH]c3c(c2c1)C1CCN(C1)C3C(=O)OCC(C)(C)C. The smallest absolute Gasteiger partial charge is 0.329 e. The monoisotopic (exact) mass is 484 g/mol. The zero-order valence-electron chi connectivity index (χ0n) is 16.8. The van der Waals surface area contributed by atoms with Crippen molar-refractivity contribution >= 4 is 39.5 Å². The molecule has 148 valence electrons. The number of nitrogens with one attached hydrogen (secondary N) is 1. The summed E-state index contributed by atoms with van der Waals surface area (Å²) in [5, 5.41) is 1.18. The van der Waals surface area contributed by atoms with Gasteiger partial charge in [-0.3, -0.25) is 4.90 Å². The van der Waals surface area contributed by atoms with Gasteiger partial charge in [0.2, 0.25) is 0 Å². The molecule has 1 N–H and O–H groups in total. The highest BCUT2D eigenvalue weighted by Crippen LogP contribution is 2.46. The van der Waals surface area contributed by atoms with Gasteiger partial charge in [-0.2, -0.15) is 0 Å². The van der Waals surface area contributed by atoms with Crippen LogP contribution >= 0.6 is 22.6 Å². The van der Waals surface area contributed by atoms with E-state index in [1.807, 2.05) is 17.1 Å². The largest absolute Gasteiger partial charge is 0.497 e. The number of aromatic nitrogens is 1. The summed E-state index contributed by atoms with van der Waals surface area (Å²) < 4.78 is 11.1. The molecular formula is C21H29IN2O3. The fourth-order valence-corrected chi connectivity index (χ4v) is 4.07. The second kappa shape index (κ2) is 7.99. The summed E-state index contributed by atoms with van der Waals surface area (Å²) in [7, 11) is 1.68. The molecule has 0 saturated carbocycles. The predicted octanol–water partition coefficient (Wildman–Crippen LogP) is 4.66. The van der Waals surface area contributed by atoms with E-state index in [4.69, 9.17) is 9.47 Å². The van der Waals surface area contributed by atoms with Crippen molar-refractivity contribution in [2.45, 2.75) is 39.2 Å². The van der Waals surface area contributed by atoms with E-state index < -0.39 is 0 Å². The van der Waals surface area contributed by atoms with Crippen molar-refractivity contribution in [2.24, 2.45) is 5.41 Å². The van der Waals surface area contributed by atoms with Crippen molar-refractivity contribution in [3.63, 3.8) is 0 Å². The minimum absolute atomic E-state index is 0.0332. The Balaban J connectivity index is 0.00000102. The molecule has 2 aliphatic heterocycles. The summed E-state index contributed by atoms with van der Waals surface area (Å²) in [5.74, 6) is 1.18. The highest BCUT2D eigenvalue weighted by Gasteiger charge is 2.44. The fraction of sp³-hybridized carbons (Fsp3) is 0.571. The third-order valence-electron chi connectivity index (χ3n) is 5.21. The molecular weight excluding hydrogens is 455 g/mol. The van der Waals surface area contributed by atoms with E-state index >= 15 is 0 Å². The lowest BCUT2D eigenvalue weighted by Gasteiger charge is -2.31. The number of alkyl halides is 1. The topological polar surface area (TPSA) is 54.6 Å². The number of aromatic amines is 1.